The number of hydrogen-bond acceptors (Lipinski definition) is 3. The fraction of sp³-hybridized carbons (Fsp3) is 0.588. The summed E-state index contributed by atoms with van der Waals surface area (Å²) in [4.78, 5) is 7.32. The van der Waals surface area contributed by atoms with Crippen LogP contribution in [0.4, 0.5) is 0 Å². The second-order valence-corrected chi connectivity index (χ2v) is 6.52. The van der Waals surface area contributed by atoms with Crippen molar-refractivity contribution in [1.29, 1.82) is 0 Å². The molecule has 4 heteroatoms. The number of likely N-dealkylation sites (tertiary alicyclic amines) is 1. The third-order valence-corrected chi connectivity index (χ3v) is 4.68. The molecule has 21 heavy (non-hydrogen) atoms. The van der Waals surface area contributed by atoms with E-state index >= 15 is 0 Å². The molecule has 2 N–H and O–H groups in total. The zero-order valence-electron chi connectivity index (χ0n) is 13.1. The summed E-state index contributed by atoms with van der Waals surface area (Å²) in [5.41, 5.74) is 9.09. The summed E-state index contributed by atoms with van der Waals surface area (Å²) in [5, 5.41) is 0. The van der Waals surface area contributed by atoms with Crippen LogP contribution in [0.2, 0.25) is 0 Å². The number of pyridine rings is 1. The Morgan fingerprint density at radius 2 is 2.00 bits per heavy atom. The molecule has 0 atom stereocenters. The molecule has 1 saturated heterocycles. The molecule has 2 aromatic heterocycles. The van der Waals surface area contributed by atoms with E-state index in [1.165, 1.54) is 31.6 Å². The first kappa shape index (κ1) is 14.5. The van der Waals surface area contributed by atoms with Gasteiger partial charge in [0.05, 0.1) is 5.69 Å². The summed E-state index contributed by atoms with van der Waals surface area (Å²) in [6.07, 6.45) is 7.95. The molecular formula is C17H26N4. The fourth-order valence-corrected chi connectivity index (χ4v) is 3.28. The van der Waals surface area contributed by atoms with E-state index in [4.69, 9.17) is 10.7 Å². The minimum Gasteiger partial charge on any atom is -0.326 e. The van der Waals surface area contributed by atoms with Crippen LogP contribution in [-0.4, -0.2) is 33.4 Å². The third-order valence-electron chi connectivity index (χ3n) is 4.68. The number of hydrogen-bond donors (Lipinski definition) is 1. The van der Waals surface area contributed by atoms with Gasteiger partial charge in [0.25, 0.3) is 0 Å². The molecule has 1 aliphatic heterocycles. The molecule has 0 aromatic carbocycles. The van der Waals surface area contributed by atoms with Crippen molar-refractivity contribution in [3.8, 4) is 0 Å². The topological polar surface area (TPSA) is 46.6 Å². The highest BCUT2D eigenvalue weighted by Crippen LogP contribution is 2.22. The van der Waals surface area contributed by atoms with Crippen LogP contribution in [0.15, 0.2) is 24.5 Å². The Morgan fingerprint density at radius 1 is 1.24 bits per heavy atom. The highest BCUT2D eigenvalue weighted by Gasteiger charge is 2.21. The Labute approximate surface area is 127 Å². The van der Waals surface area contributed by atoms with Crippen LogP contribution in [0, 0.1) is 5.92 Å². The molecule has 4 nitrogen and oxygen atoms in total. The normalized spacial score (nSPS) is 17.9. The van der Waals surface area contributed by atoms with Crippen molar-refractivity contribution in [2.45, 2.75) is 45.7 Å². The summed E-state index contributed by atoms with van der Waals surface area (Å²) < 4.78 is 2.11. The molecule has 0 saturated carbocycles. The van der Waals surface area contributed by atoms with Crippen LogP contribution < -0.4 is 5.73 Å². The average Bonchev–Trinajstić information content (AvgIpc) is 2.88. The van der Waals surface area contributed by atoms with E-state index in [2.05, 4.69) is 47.7 Å². The number of rotatable bonds is 4. The average molecular weight is 286 g/mol. The largest absolute Gasteiger partial charge is 0.326 e. The Morgan fingerprint density at radius 3 is 2.67 bits per heavy atom. The smallest absolute Gasteiger partial charge is 0.136 e. The van der Waals surface area contributed by atoms with Crippen molar-refractivity contribution in [2.24, 2.45) is 11.7 Å². The van der Waals surface area contributed by atoms with Gasteiger partial charge in [0, 0.05) is 25.0 Å². The molecule has 1 fully saturated rings. The predicted octanol–water partition coefficient (Wildman–Crippen LogP) is 2.46. The number of nitrogens with zero attached hydrogens (tertiary/aromatic N) is 3. The van der Waals surface area contributed by atoms with E-state index in [0.717, 1.165) is 23.5 Å². The van der Waals surface area contributed by atoms with Gasteiger partial charge in [0.2, 0.25) is 0 Å². The molecule has 0 unspecified atom stereocenters. The van der Waals surface area contributed by atoms with Crippen LogP contribution in [0.1, 0.15) is 37.9 Å². The molecule has 3 heterocycles. The van der Waals surface area contributed by atoms with Crippen LogP contribution in [-0.2, 0) is 13.0 Å². The lowest BCUT2D eigenvalue weighted by Gasteiger charge is -2.34. The van der Waals surface area contributed by atoms with Gasteiger partial charge in [-0.2, -0.15) is 0 Å². The lowest BCUT2D eigenvalue weighted by Crippen LogP contribution is -2.38. The first-order valence-corrected chi connectivity index (χ1v) is 8.06. The van der Waals surface area contributed by atoms with Crippen molar-refractivity contribution < 1.29 is 0 Å². The quantitative estimate of drug-likeness (QED) is 0.939. The zero-order valence-corrected chi connectivity index (χ0v) is 13.1. The Bertz CT molecular complexity index is 594. The van der Waals surface area contributed by atoms with Crippen molar-refractivity contribution in [1.82, 2.24) is 14.3 Å². The van der Waals surface area contributed by atoms with Gasteiger partial charge in [-0.05, 0) is 63.7 Å². The standard InChI is InChI=1S/C17H26N4/c1-13(2)20-7-5-14(6-8-20)9-16-12-21-11-15(10-18)3-4-17(21)19-16/h3-4,11-14H,5-10,18H2,1-2H3. The Hall–Kier alpha value is -1.39. The maximum Gasteiger partial charge on any atom is 0.136 e. The van der Waals surface area contributed by atoms with E-state index in [1.54, 1.807) is 0 Å². The van der Waals surface area contributed by atoms with E-state index in [9.17, 15) is 0 Å². The first-order valence-electron chi connectivity index (χ1n) is 8.06. The molecule has 0 aliphatic carbocycles. The van der Waals surface area contributed by atoms with Crippen LogP contribution >= 0.6 is 0 Å². The zero-order chi connectivity index (χ0) is 14.8. The van der Waals surface area contributed by atoms with Crippen LogP contribution in [0.25, 0.3) is 5.65 Å². The number of fused-ring (bicyclic) bond motifs is 1. The van der Waals surface area contributed by atoms with E-state index in [0.29, 0.717) is 12.6 Å². The number of piperidine rings is 1. The molecule has 0 bridgehead atoms. The molecule has 3 rings (SSSR count). The maximum atomic E-state index is 5.70. The minimum absolute atomic E-state index is 0.580. The summed E-state index contributed by atoms with van der Waals surface area (Å²) in [5.74, 6) is 0.777. The van der Waals surface area contributed by atoms with Gasteiger partial charge >= 0.3 is 0 Å². The highest BCUT2D eigenvalue weighted by atomic mass is 15.1. The number of imidazole rings is 1. The third kappa shape index (κ3) is 3.27. The number of nitrogens with two attached hydrogens (primary N) is 1. The minimum atomic E-state index is 0.580. The second kappa shape index (κ2) is 6.16. The fourth-order valence-electron chi connectivity index (χ4n) is 3.28. The van der Waals surface area contributed by atoms with E-state index in [1.807, 2.05) is 0 Å². The summed E-state index contributed by atoms with van der Waals surface area (Å²) in [6.45, 7) is 7.62. The molecule has 114 valence electrons. The highest BCUT2D eigenvalue weighted by molar-refractivity contribution is 5.41. The second-order valence-electron chi connectivity index (χ2n) is 6.52. The Kier molecular flexibility index (Phi) is 4.27. The van der Waals surface area contributed by atoms with Crippen molar-refractivity contribution >= 4 is 5.65 Å². The number of aromatic nitrogens is 2. The molecule has 0 spiro atoms. The van der Waals surface area contributed by atoms with Gasteiger partial charge in [-0.1, -0.05) is 6.07 Å². The summed E-state index contributed by atoms with van der Waals surface area (Å²) >= 11 is 0. The first-order chi connectivity index (χ1) is 10.2. The van der Waals surface area contributed by atoms with Gasteiger partial charge in [-0.25, -0.2) is 4.98 Å². The summed E-state index contributed by atoms with van der Waals surface area (Å²) in [7, 11) is 0. The SMILES string of the molecule is CC(C)N1CCC(Cc2cn3cc(CN)ccc3n2)CC1. The molecule has 0 radical (unpaired) electrons. The van der Waals surface area contributed by atoms with Crippen molar-refractivity contribution in [3.63, 3.8) is 0 Å². The molecule has 2 aromatic rings. The van der Waals surface area contributed by atoms with Crippen LogP contribution in [0.3, 0.4) is 0 Å². The lowest BCUT2D eigenvalue weighted by atomic mass is 9.92. The van der Waals surface area contributed by atoms with Crippen LogP contribution in [0.5, 0.6) is 0 Å². The van der Waals surface area contributed by atoms with Gasteiger partial charge in [-0.3, -0.25) is 0 Å². The van der Waals surface area contributed by atoms with Gasteiger partial charge in [0.15, 0.2) is 0 Å². The van der Waals surface area contributed by atoms with Gasteiger partial charge in [0.1, 0.15) is 5.65 Å². The summed E-state index contributed by atoms with van der Waals surface area (Å²) in [6, 6.07) is 4.80. The molecule has 1 aliphatic rings. The van der Waals surface area contributed by atoms with Gasteiger partial charge < -0.3 is 15.0 Å². The van der Waals surface area contributed by atoms with Gasteiger partial charge in [-0.15, -0.1) is 0 Å². The molecule has 0 amide bonds. The maximum absolute atomic E-state index is 5.70. The van der Waals surface area contributed by atoms with Crippen molar-refractivity contribution in [3.05, 3.63) is 35.8 Å². The van der Waals surface area contributed by atoms with E-state index in [-0.39, 0.29) is 0 Å². The van der Waals surface area contributed by atoms with E-state index < -0.39 is 0 Å². The predicted molar refractivity (Wildman–Crippen MR) is 86.2 cm³/mol. The molecular weight excluding hydrogens is 260 g/mol. The lowest BCUT2D eigenvalue weighted by molar-refractivity contribution is 0.149. The Balaban J connectivity index is 1.65. The monoisotopic (exact) mass is 286 g/mol. The van der Waals surface area contributed by atoms with Crippen molar-refractivity contribution in [2.75, 3.05) is 13.1 Å².